The van der Waals surface area contributed by atoms with Gasteiger partial charge in [-0.3, -0.25) is 4.40 Å². The van der Waals surface area contributed by atoms with Gasteiger partial charge in [0, 0.05) is 36.1 Å². The van der Waals surface area contributed by atoms with Crippen LogP contribution in [-0.4, -0.2) is 42.0 Å². The van der Waals surface area contributed by atoms with Gasteiger partial charge in [-0.25, -0.2) is 4.98 Å². The maximum absolute atomic E-state index is 13.1. The van der Waals surface area contributed by atoms with Crippen LogP contribution in [0.25, 0.3) is 5.65 Å². The molecule has 2 aromatic heterocycles. The summed E-state index contributed by atoms with van der Waals surface area (Å²) in [4.78, 5) is 6.96. The van der Waals surface area contributed by atoms with E-state index < -0.39 is 11.4 Å². The van der Waals surface area contributed by atoms with Gasteiger partial charge in [0.05, 0.1) is 21.2 Å². The molecule has 2 atom stereocenters. The van der Waals surface area contributed by atoms with Crippen molar-refractivity contribution in [1.29, 1.82) is 5.26 Å². The number of hydrogen-bond acceptors (Lipinski definition) is 7. The fourth-order valence-electron chi connectivity index (χ4n) is 5.06. The van der Waals surface area contributed by atoms with E-state index in [2.05, 4.69) is 59.5 Å². The first-order valence-corrected chi connectivity index (χ1v) is 13.3. The van der Waals surface area contributed by atoms with Crippen molar-refractivity contribution in [2.45, 2.75) is 50.8 Å². The van der Waals surface area contributed by atoms with Gasteiger partial charge in [-0.05, 0) is 79.8 Å². The number of hydrogen-bond donors (Lipinski definition) is 1. The molecule has 2 aliphatic rings. The second-order valence-electron chi connectivity index (χ2n) is 9.87. The zero-order valence-electron chi connectivity index (χ0n) is 18.9. The highest BCUT2D eigenvalue weighted by atomic mass is 127. The van der Waals surface area contributed by atoms with Crippen molar-refractivity contribution in [1.82, 2.24) is 24.3 Å². The second kappa shape index (κ2) is 8.37. The van der Waals surface area contributed by atoms with E-state index in [-0.39, 0.29) is 16.2 Å². The molecule has 1 aliphatic heterocycles. The van der Waals surface area contributed by atoms with Crippen molar-refractivity contribution in [3.05, 3.63) is 51.0 Å². The molecule has 0 saturated carbocycles. The molecule has 0 amide bonds. The van der Waals surface area contributed by atoms with Gasteiger partial charge in [0.15, 0.2) is 5.65 Å². The molecule has 10 heteroatoms. The lowest BCUT2D eigenvalue weighted by Crippen LogP contribution is -2.50. The third kappa shape index (κ3) is 3.88. The number of benzene rings is 1. The lowest BCUT2D eigenvalue weighted by molar-refractivity contribution is 0.175. The van der Waals surface area contributed by atoms with E-state index in [1.165, 1.54) is 0 Å². The lowest BCUT2D eigenvalue weighted by atomic mass is 9.73. The number of anilines is 1. The van der Waals surface area contributed by atoms with Crippen LogP contribution in [0.5, 0.6) is 0 Å². The minimum Gasteiger partial charge on any atom is -0.598 e. The molecule has 1 spiro atoms. The SMILES string of the molecule is CC(C)(C)[S+]([O-])N[C@@H]1c2cccc(C#N)c2CC12CCN(c1ncc(I)c3nncn13)CC2. The van der Waals surface area contributed by atoms with Crippen LogP contribution < -0.4 is 9.62 Å². The molecule has 5 rings (SSSR count). The van der Waals surface area contributed by atoms with Crippen LogP contribution in [0, 0.1) is 20.3 Å². The Kier molecular flexibility index (Phi) is 5.79. The second-order valence-corrected chi connectivity index (χ2v) is 13.0. The molecule has 33 heavy (non-hydrogen) atoms. The molecule has 8 nitrogen and oxygen atoms in total. The van der Waals surface area contributed by atoms with E-state index in [1.807, 2.05) is 43.5 Å². The average Bonchev–Trinajstić information content (AvgIpc) is 3.39. The van der Waals surface area contributed by atoms with E-state index in [9.17, 15) is 9.81 Å². The van der Waals surface area contributed by atoms with E-state index in [4.69, 9.17) is 0 Å². The van der Waals surface area contributed by atoms with Gasteiger partial charge < -0.3 is 9.45 Å². The molecule has 1 N–H and O–H groups in total. The summed E-state index contributed by atoms with van der Waals surface area (Å²) in [7, 11) is 0. The Labute approximate surface area is 210 Å². The molecule has 0 radical (unpaired) electrons. The molecule has 1 aromatic carbocycles. The number of nitriles is 1. The molecule has 172 valence electrons. The number of fused-ring (bicyclic) bond motifs is 2. The van der Waals surface area contributed by atoms with Crippen molar-refractivity contribution in [3.8, 4) is 6.07 Å². The van der Waals surface area contributed by atoms with Gasteiger partial charge in [-0.2, -0.15) is 5.26 Å². The third-order valence-corrected chi connectivity index (χ3v) is 9.20. The van der Waals surface area contributed by atoms with Crippen LogP contribution in [0.2, 0.25) is 0 Å². The van der Waals surface area contributed by atoms with Crippen LogP contribution in [0.3, 0.4) is 0 Å². The van der Waals surface area contributed by atoms with E-state index in [0.29, 0.717) is 0 Å². The van der Waals surface area contributed by atoms with E-state index >= 15 is 0 Å². The Morgan fingerprint density at radius 3 is 2.76 bits per heavy atom. The predicted octanol–water partition coefficient (Wildman–Crippen LogP) is 3.54. The summed E-state index contributed by atoms with van der Waals surface area (Å²) in [5, 5.41) is 18.0. The number of nitrogens with zero attached hydrogens (tertiary/aromatic N) is 6. The minimum atomic E-state index is -1.21. The number of piperidine rings is 1. The van der Waals surface area contributed by atoms with Gasteiger partial charge in [0.25, 0.3) is 0 Å². The predicted molar refractivity (Wildman–Crippen MR) is 136 cm³/mol. The zero-order valence-corrected chi connectivity index (χ0v) is 21.9. The molecule has 1 saturated heterocycles. The molecule has 0 bridgehead atoms. The maximum Gasteiger partial charge on any atom is 0.212 e. The standard InChI is InChI=1S/C23H26IN7OS/c1-22(2,3)33(32)29-19-16-6-4-5-15(12-25)17(16)11-23(19)7-9-30(10-8-23)21-26-13-18(24)20-28-27-14-31(20)21/h4-6,13-14,19,29H,7-11H2,1-3H3/t19-,33?/m1/s1. The molecule has 1 unspecified atom stereocenters. The van der Waals surface area contributed by atoms with Gasteiger partial charge in [-0.15, -0.1) is 14.9 Å². The first-order valence-electron chi connectivity index (χ1n) is 11.0. The minimum absolute atomic E-state index is 0.0531. The fourth-order valence-corrected chi connectivity index (χ4v) is 6.52. The summed E-state index contributed by atoms with van der Waals surface area (Å²) < 4.78 is 19.2. The molecule has 1 aliphatic carbocycles. The average molecular weight is 575 g/mol. The van der Waals surface area contributed by atoms with Crippen molar-refractivity contribution >= 4 is 45.5 Å². The van der Waals surface area contributed by atoms with Crippen LogP contribution in [0.4, 0.5) is 5.95 Å². The summed E-state index contributed by atoms with van der Waals surface area (Å²) in [5.74, 6) is 0.848. The zero-order chi connectivity index (χ0) is 23.4. The highest BCUT2D eigenvalue weighted by molar-refractivity contribution is 14.1. The summed E-state index contributed by atoms with van der Waals surface area (Å²) in [6.07, 6.45) is 6.18. The maximum atomic E-state index is 13.1. The molecular formula is C23H26IN7OS. The quantitative estimate of drug-likeness (QED) is 0.376. The summed E-state index contributed by atoms with van der Waals surface area (Å²) in [5.41, 5.74) is 3.67. The van der Waals surface area contributed by atoms with Crippen LogP contribution in [0.15, 0.2) is 30.7 Å². The molecule has 3 heterocycles. The Bertz CT molecular complexity index is 1240. The third-order valence-electron chi connectivity index (χ3n) is 6.88. The monoisotopic (exact) mass is 575 g/mol. The Morgan fingerprint density at radius 1 is 1.30 bits per heavy atom. The van der Waals surface area contributed by atoms with E-state index in [0.717, 1.165) is 64.2 Å². The Hall–Kier alpha value is -1.94. The van der Waals surface area contributed by atoms with Crippen LogP contribution in [0.1, 0.15) is 56.3 Å². The first kappa shape index (κ1) is 22.8. The fraction of sp³-hybridized carbons (Fsp3) is 0.478. The van der Waals surface area contributed by atoms with Crippen molar-refractivity contribution < 1.29 is 4.55 Å². The van der Waals surface area contributed by atoms with E-state index in [1.54, 1.807) is 6.33 Å². The van der Waals surface area contributed by atoms with Crippen molar-refractivity contribution in [2.24, 2.45) is 5.41 Å². The van der Waals surface area contributed by atoms with Crippen LogP contribution in [-0.2, 0) is 17.8 Å². The number of aromatic nitrogens is 4. The Morgan fingerprint density at radius 2 is 2.06 bits per heavy atom. The molecule has 3 aromatic rings. The van der Waals surface area contributed by atoms with Crippen molar-refractivity contribution in [3.63, 3.8) is 0 Å². The Balaban J connectivity index is 1.46. The summed E-state index contributed by atoms with van der Waals surface area (Å²) >= 11 is 1.02. The van der Waals surface area contributed by atoms with Crippen molar-refractivity contribution in [2.75, 3.05) is 18.0 Å². The largest absolute Gasteiger partial charge is 0.598 e. The number of rotatable bonds is 3. The van der Waals surface area contributed by atoms with Gasteiger partial charge in [0.1, 0.15) is 11.1 Å². The van der Waals surface area contributed by atoms with Crippen LogP contribution >= 0.6 is 22.6 Å². The first-order chi connectivity index (χ1) is 15.7. The lowest BCUT2D eigenvalue weighted by Gasteiger charge is -2.44. The summed E-state index contributed by atoms with van der Waals surface area (Å²) in [6.45, 7) is 7.59. The highest BCUT2D eigenvalue weighted by Crippen LogP contribution is 2.53. The number of halogens is 1. The van der Waals surface area contributed by atoms with Gasteiger partial charge in [-0.1, -0.05) is 12.1 Å². The summed E-state index contributed by atoms with van der Waals surface area (Å²) in [6, 6.07) is 8.24. The van der Waals surface area contributed by atoms with Gasteiger partial charge in [0.2, 0.25) is 5.95 Å². The van der Waals surface area contributed by atoms with Gasteiger partial charge >= 0.3 is 0 Å². The number of nitrogens with one attached hydrogen (secondary N) is 1. The topological polar surface area (TPSA) is 105 Å². The highest BCUT2D eigenvalue weighted by Gasteiger charge is 2.51. The molecular weight excluding hydrogens is 549 g/mol. The smallest absolute Gasteiger partial charge is 0.212 e. The molecule has 1 fully saturated rings. The normalized spacial score (nSPS) is 20.7.